The van der Waals surface area contributed by atoms with E-state index in [1.807, 2.05) is 0 Å². The number of aromatic nitrogens is 1. The molecule has 30 heavy (non-hydrogen) atoms. The number of aromatic hydroxyl groups is 1. The number of fused-ring (bicyclic) bond motifs is 1. The van der Waals surface area contributed by atoms with Gasteiger partial charge in [-0.15, -0.1) is 0 Å². The highest BCUT2D eigenvalue weighted by atomic mass is 32.1. The van der Waals surface area contributed by atoms with Gasteiger partial charge in [0, 0.05) is 18.7 Å². The first-order valence-corrected chi connectivity index (χ1v) is 11.5. The summed E-state index contributed by atoms with van der Waals surface area (Å²) in [6, 6.07) is 12.0. The Labute approximate surface area is 180 Å². The van der Waals surface area contributed by atoms with Crippen LogP contribution in [0, 0.1) is 0 Å². The van der Waals surface area contributed by atoms with Gasteiger partial charge in [-0.2, -0.15) is 0 Å². The number of H-pyrrole nitrogens is 1. The molecule has 0 radical (unpaired) electrons. The molecule has 0 bridgehead atoms. The quantitative estimate of drug-likeness (QED) is 0.415. The maximum atomic E-state index is 11.6. The van der Waals surface area contributed by atoms with Crippen LogP contribution in [0.4, 0.5) is 0 Å². The van der Waals surface area contributed by atoms with Crippen LogP contribution < -0.4 is 10.2 Å². The molecule has 1 aliphatic rings. The van der Waals surface area contributed by atoms with E-state index in [4.69, 9.17) is 0 Å². The van der Waals surface area contributed by atoms with Gasteiger partial charge in [-0.05, 0) is 56.1 Å². The number of benzene rings is 2. The van der Waals surface area contributed by atoms with Crippen molar-refractivity contribution in [3.8, 4) is 5.75 Å². The molecule has 0 saturated carbocycles. The molecule has 2 aromatic carbocycles. The lowest BCUT2D eigenvalue weighted by Gasteiger charge is -2.26. The lowest BCUT2D eigenvalue weighted by atomic mass is 10.1. The molecule has 7 heteroatoms. The Morgan fingerprint density at radius 3 is 2.57 bits per heavy atom. The van der Waals surface area contributed by atoms with E-state index in [2.05, 4.69) is 39.5 Å². The molecule has 0 spiro atoms. The Kier molecular flexibility index (Phi) is 6.84. The summed E-state index contributed by atoms with van der Waals surface area (Å²) in [6.45, 7) is 4.60. The average molecular weight is 428 g/mol. The number of rotatable bonds is 8. The van der Waals surface area contributed by atoms with Crippen molar-refractivity contribution >= 4 is 21.6 Å². The predicted molar refractivity (Wildman–Crippen MR) is 121 cm³/mol. The minimum absolute atomic E-state index is 0.0241. The molecule has 0 amide bonds. The number of aliphatic hydroxyl groups is 1. The van der Waals surface area contributed by atoms with Crippen molar-refractivity contribution in [1.82, 2.24) is 15.2 Å². The number of hydrogen-bond donors (Lipinski definition) is 4. The number of aromatic amines is 1. The van der Waals surface area contributed by atoms with Gasteiger partial charge in [0.1, 0.15) is 11.3 Å². The van der Waals surface area contributed by atoms with E-state index in [1.54, 1.807) is 6.07 Å². The molecule has 1 aromatic heterocycles. The highest BCUT2D eigenvalue weighted by molar-refractivity contribution is 7.16. The Bertz CT molecular complexity index is 1020. The number of thiazole rings is 1. The molecule has 1 atom stereocenters. The van der Waals surface area contributed by atoms with Gasteiger partial charge in [0.15, 0.2) is 0 Å². The molecular weight excluding hydrogens is 398 g/mol. The number of phenols is 1. The zero-order valence-corrected chi connectivity index (χ0v) is 17.9. The molecule has 1 aliphatic heterocycles. The summed E-state index contributed by atoms with van der Waals surface area (Å²) in [5.41, 5.74) is 3.69. The number of hydrogen-bond acceptors (Lipinski definition) is 6. The standard InChI is InChI=1S/C23H29N3O3S/c27-19-9-8-18(22-21(19)25-23(29)30-22)20(28)14-24-11-10-16-4-6-17(7-5-16)15-26-12-2-1-3-13-26/h4-9,20,24,27-28H,1-3,10-15H2,(H,25,29). The monoisotopic (exact) mass is 427 g/mol. The SMILES string of the molecule is O=c1[nH]c2c(O)ccc(C(O)CNCCc3ccc(CN4CCCCC4)cc3)c2s1. The second kappa shape index (κ2) is 9.75. The zero-order valence-electron chi connectivity index (χ0n) is 17.1. The topological polar surface area (TPSA) is 88.6 Å². The number of aliphatic hydroxyl groups excluding tert-OH is 1. The lowest BCUT2D eigenvalue weighted by molar-refractivity contribution is 0.176. The largest absolute Gasteiger partial charge is 0.506 e. The molecular formula is C23H29N3O3S. The molecule has 0 aliphatic carbocycles. The summed E-state index contributed by atoms with van der Waals surface area (Å²) in [4.78, 5) is 16.5. The third-order valence-electron chi connectivity index (χ3n) is 5.75. The number of likely N-dealkylation sites (tertiary alicyclic amines) is 1. The van der Waals surface area contributed by atoms with Crippen molar-refractivity contribution in [2.75, 3.05) is 26.2 Å². The third-order valence-corrected chi connectivity index (χ3v) is 6.68. The highest BCUT2D eigenvalue weighted by Crippen LogP contribution is 2.31. The Morgan fingerprint density at radius 2 is 1.80 bits per heavy atom. The van der Waals surface area contributed by atoms with Crippen LogP contribution in [0.2, 0.25) is 0 Å². The maximum Gasteiger partial charge on any atom is 0.305 e. The Hall–Kier alpha value is -2.19. The van der Waals surface area contributed by atoms with Gasteiger partial charge in [-0.3, -0.25) is 9.69 Å². The molecule has 3 aromatic rings. The van der Waals surface area contributed by atoms with Gasteiger partial charge in [-0.1, -0.05) is 48.1 Å². The summed E-state index contributed by atoms with van der Waals surface area (Å²) in [5.74, 6) is 0.0241. The summed E-state index contributed by atoms with van der Waals surface area (Å²) in [5, 5.41) is 23.7. The van der Waals surface area contributed by atoms with Gasteiger partial charge in [0.05, 0.1) is 10.8 Å². The van der Waals surface area contributed by atoms with E-state index in [9.17, 15) is 15.0 Å². The Morgan fingerprint density at radius 1 is 1.07 bits per heavy atom. The zero-order chi connectivity index (χ0) is 20.9. The summed E-state index contributed by atoms with van der Waals surface area (Å²) >= 11 is 1.01. The smallest absolute Gasteiger partial charge is 0.305 e. The second-order valence-corrected chi connectivity index (χ2v) is 9.00. The number of piperidine rings is 1. The number of nitrogens with one attached hydrogen (secondary N) is 2. The van der Waals surface area contributed by atoms with Crippen molar-refractivity contribution in [1.29, 1.82) is 0 Å². The first-order valence-electron chi connectivity index (χ1n) is 10.6. The van der Waals surface area contributed by atoms with Crippen LogP contribution >= 0.6 is 11.3 Å². The van der Waals surface area contributed by atoms with Crippen molar-refractivity contribution in [2.45, 2.75) is 38.3 Å². The van der Waals surface area contributed by atoms with Crippen molar-refractivity contribution in [2.24, 2.45) is 0 Å². The minimum atomic E-state index is -0.744. The van der Waals surface area contributed by atoms with E-state index >= 15 is 0 Å². The molecule has 1 unspecified atom stereocenters. The maximum absolute atomic E-state index is 11.6. The first kappa shape index (κ1) is 21.1. The number of phenolic OH excluding ortho intramolecular Hbond substituents is 1. The number of nitrogens with zero attached hydrogens (tertiary/aromatic N) is 1. The van der Waals surface area contributed by atoms with Crippen LogP contribution in [0.15, 0.2) is 41.2 Å². The van der Waals surface area contributed by atoms with E-state index in [-0.39, 0.29) is 10.6 Å². The van der Waals surface area contributed by atoms with Gasteiger partial charge in [0.2, 0.25) is 0 Å². The van der Waals surface area contributed by atoms with E-state index in [0.717, 1.165) is 30.8 Å². The molecule has 1 fully saturated rings. The van der Waals surface area contributed by atoms with Crippen molar-refractivity contribution < 1.29 is 10.2 Å². The van der Waals surface area contributed by atoms with Crippen LogP contribution in [0.5, 0.6) is 5.75 Å². The van der Waals surface area contributed by atoms with Gasteiger partial charge in [-0.25, -0.2) is 0 Å². The molecule has 4 N–H and O–H groups in total. The fraction of sp³-hybridized carbons (Fsp3) is 0.435. The van der Waals surface area contributed by atoms with Gasteiger partial charge in [0.25, 0.3) is 0 Å². The van der Waals surface area contributed by atoms with Crippen LogP contribution in [-0.2, 0) is 13.0 Å². The molecule has 160 valence electrons. The second-order valence-electron chi connectivity index (χ2n) is 8.02. The lowest BCUT2D eigenvalue weighted by Crippen LogP contribution is -2.29. The molecule has 6 nitrogen and oxygen atoms in total. The normalized spacial score (nSPS) is 16.2. The van der Waals surface area contributed by atoms with Crippen molar-refractivity contribution in [3.63, 3.8) is 0 Å². The van der Waals surface area contributed by atoms with Crippen LogP contribution in [0.1, 0.15) is 42.1 Å². The molecule has 4 rings (SSSR count). The molecule has 1 saturated heterocycles. The van der Waals surface area contributed by atoms with E-state index in [1.165, 1.54) is 49.5 Å². The highest BCUT2D eigenvalue weighted by Gasteiger charge is 2.16. The fourth-order valence-electron chi connectivity index (χ4n) is 4.07. The minimum Gasteiger partial charge on any atom is -0.506 e. The van der Waals surface area contributed by atoms with Gasteiger partial charge >= 0.3 is 4.87 Å². The van der Waals surface area contributed by atoms with Gasteiger partial charge < -0.3 is 20.5 Å². The van der Waals surface area contributed by atoms with Crippen molar-refractivity contribution in [3.05, 3.63) is 62.8 Å². The summed E-state index contributed by atoms with van der Waals surface area (Å²) < 4.78 is 0.610. The predicted octanol–water partition coefficient (Wildman–Crippen LogP) is 3.15. The van der Waals surface area contributed by atoms with E-state index in [0.29, 0.717) is 22.3 Å². The van der Waals surface area contributed by atoms with Crippen LogP contribution in [0.25, 0.3) is 10.2 Å². The first-order chi connectivity index (χ1) is 14.6. The summed E-state index contributed by atoms with van der Waals surface area (Å²) in [6.07, 6.45) is 4.13. The van der Waals surface area contributed by atoms with Crippen LogP contribution in [0.3, 0.4) is 0 Å². The molecule has 2 heterocycles. The average Bonchev–Trinajstić information content (AvgIpc) is 3.15. The fourth-order valence-corrected chi connectivity index (χ4v) is 4.99. The third kappa shape index (κ3) is 5.10. The van der Waals surface area contributed by atoms with E-state index < -0.39 is 6.10 Å². The Balaban J connectivity index is 1.26. The summed E-state index contributed by atoms with van der Waals surface area (Å²) in [7, 11) is 0. The van der Waals surface area contributed by atoms with Crippen LogP contribution in [-0.4, -0.2) is 46.3 Å².